The number of pyridine rings is 1. The van der Waals surface area contributed by atoms with E-state index in [0.717, 1.165) is 16.7 Å². The third-order valence-corrected chi connectivity index (χ3v) is 9.03. The minimum absolute atomic E-state index is 0.0440. The number of rotatable bonds is 16. The number of alkyl halides is 3. The van der Waals surface area contributed by atoms with E-state index in [1.807, 2.05) is 36.4 Å². The molecule has 1 saturated carbocycles. The number of carboxylic acids is 1. The molecule has 5 aromatic rings. The summed E-state index contributed by atoms with van der Waals surface area (Å²) in [7, 11) is 0. The third-order valence-electron chi connectivity index (χ3n) is 8.78. The van der Waals surface area contributed by atoms with Crippen LogP contribution in [-0.4, -0.2) is 74.1 Å². The number of nitrogens with zero attached hydrogens (tertiary/aromatic N) is 4. The Morgan fingerprint density at radius 1 is 0.810 bits per heavy atom. The van der Waals surface area contributed by atoms with Crippen molar-refractivity contribution in [1.82, 2.24) is 30.6 Å². The van der Waals surface area contributed by atoms with Crippen molar-refractivity contribution in [1.29, 1.82) is 0 Å². The van der Waals surface area contributed by atoms with Gasteiger partial charge in [-0.1, -0.05) is 35.9 Å². The molecule has 6 rings (SSSR count). The fourth-order valence-electron chi connectivity index (χ4n) is 5.65. The van der Waals surface area contributed by atoms with Crippen molar-refractivity contribution in [2.24, 2.45) is 0 Å². The monoisotopic (exact) mass is 817 g/mol. The quantitative estimate of drug-likeness (QED) is 0.0671. The molecule has 58 heavy (non-hydrogen) atoms. The SMILES string of the molecule is O=C(NCC[C@H](NC(=O)c1ccc(Nc2nc(NC3(c4ccc(Cl)cc4)CC3)nc(OCC(F)(F)F)n2)cc1)C(=O)O)C(=O)Nc1ccc(Cc2ccncc2)cc1. The van der Waals surface area contributed by atoms with Crippen molar-refractivity contribution < 1.29 is 42.2 Å². The normalized spacial score (nSPS) is 13.4. The number of aromatic nitrogens is 4. The summed E-state index contributed by atoms with van der Waals surface area (Å²) < 4.78 is 43.7. The highest BCUT2D eigenvalue weighted by atomic mass is 35.5. The lowest BCUT2D eigenvalue weighted by molar-refractivity contribution is -0.154. The number of anilines is 4. The molecule has 2 aromatic heterocycles. The van der Waals surface area contributed by atoms with Crippen LogP contribution in [0.4, 0.5) is 36.4 Å². The summed E-state index contributed by atoms with van der Waals surface area (Å²) in [6.45, 7) is -1.87. The highest BCUT2D eigenvalue weighted by Gasteiger charge is 2.45. The van der Waals surface area contributed by atoms with E-state index in [1.54, 1.807) is 36.7 Å². The molecule has 1 fully saturated rings. The molecule has 0 bridgehead atoms. The van der Waals surface area contributed by atoms with Gasteiger partial charge in [0.05, 0.1) is 5.54 Å². The Morgan fingerprint density at radius 3 is 2.09 bits per heavy atom. The largest absolute Gasteiger partial charge is 0.480 e. The van der Waals surface area contributed by atoms with E-state index >= 15 is 0 Å². The van der Waals surface area contributed by atoms with Crippen LogP contribution in [-0.2, 0) is 26.3 Å². The van der Waals surface area contributed by atoms with Crippen LogP contribution < -0.4 is 31.3 Å². The van der Waals surface area contributed by atoms with Crippen LogP contribution in [0.25, 0.3) is 0 Å². The van der Waals surface area contributed by atoms with Gasteiger partial charge in [-0.05, 0) is 103 Å². The van der Waals surface area contributed by atoms with Gasteiger partial charge >= 0.3 is 30.0 Å². The molecule has 19 heteroatoms. The van der Waals surface area contributed by atoms with E-state index in [4.69, 9.17) is 16.3 Å². The summed E-state index contributed by atoms with van der Waals surface area (Å²) in [5.74, 6) is -4.27. The van der Waals surface area contributed by atoms with E-state index in [-0.39, 0.29) is 30.4 Å². The second-order valence-electron chi connectivity index (χ2n) is 13.2. The maximum atomic E-state index is 13.0. The summed E-state index contributed by atoms with van der Waals surface area (Å²) in [6, 6.07) is 21.4. The molecule has 3 amide bonds. The summed E-state index contributed by atoms with van der Waals surface area (Å²) in [5, 5.41) is 23.5. The van der Waals surface area contributed by atoms with E-state index < -0.39 is 54.1 Å². The van der Waals surface area contributed by atoms with E-state index in [2.05, 4.69) is 46.5 Å². The Morgan fingerprint density at radius 2 is 1.45 bits per heavy atom. The Kier molecular flexibility index (Phi) is 12.7. The standard InChI is InChI=1S/C39H35ClF3N9O6/c40-27-7-5-26(6-8-27)38(16-17-38)52-36-49-35(50-37(51-36)58-22-39(41,42)43)47-29-11-3-25(4-12-29)31(53)48-30(34(56)57)15-20-45-32(54)33(55)46-28-9-1-23(2-10-28)21-24-13-18-44-19-14-24/h1-14,18-19,30H,15-17,20-22H2,(H,45,54)(H,46,55)(H,48,53)(H,56,57)(H2,47,49,50,51,52)/t30-/m0/s1. The van der Waals surface area contributed by atoms with Crippen LogP contribution in [0, 0.1) is 0 Å². The van der Waals surface area contributed by atoms with Gasteiger partial charge in [-0.25, -0.2) is 4.79 Å². The molecular formula is C39H35ClF3N9O6. The molecule has 300 valence electrons. The summed E-state index contributed by atoms with van der Waals surface area (Å²) in [4.78, 5) is 66.0. The lowest BCUT2D eigenvalue weighted by Crippen LogP contribution is -2.44. The molecule has 15 nitrogen and oxygen atoms in total. The zero-order valence-electron chi connectivity index (χ0n) is 30.3. The van der Waals surface area contributed by atoms with Crippen LogP contribution in [0.1, 0.15) is 46.3 Å². The summed E-state index contributed by atoms with van der Waals surface area (Å²) in [6.07, 6.45) is 0.561. The smallest absolute Gasteiger partial charge is 0.422 e. The fraction of sp³-hybridized carbons (Fsp3) is 0.231. The average Bonchev–Trinajstić information content (AvgIpc) is 3.98. The minimum Gasteiger partial charge on any atom is -0.480 e. The molecule has 0 saturated heterocycles. The molecule has 2 heterocycles. The second-order valence-corrected chi connectivity index (χ2v) is 13.6. The third kappa shape index (κ3) is 11.6. The first-order valence-electron chi connectivity index (χ1n) is 17.7. The maximum absolute atomic E-state index is 13.0. The van der Waals surface area contributed by atoms with Gasteiger partial charge in [0, 0.05) is 40.9 Å². The average molecular weight is 818 g/mol. The topological polar surface area (TPSA) is 209 Å². The Hall–Kier alpha value is -6.82. The van der Waals surface area contributed by atoms with Crippen LogP contribution in [0.15, 0.2) is 97.3 Å². The molecule has 0 radical (unpaired) electrons. The molecule has 0 aliphatic heterocycles. The predicted molar refractivity (Wildman–Crippen MR) is 206 cm³/mol. The van der Waals surface area contributed by atoms with Gasteiger partial charge in [0.1, 0.15) is 6.04 Å². The van der Waals surface area contributed by atoms with Gasteiger partial charge in [0.2, 0.25) is 11.9 Å². The number of carbonyl (C=O) groups is 4. The van der Waals surface area contributed by atoms with E-state index in [0.29, 0.717) is 35.7 Å². The Balaban J connectivity index is 1.01. The van der Waals surface area contributed by atoms with Crippen LogP contribution >= 0.6 is 11.6 Å². The number of benzene rings is 3. The molecule has 6 N–H and O–H groups in total. The highest BCUT2D eigenvalue weighted by Crippen LogP contribution is 2.48. The number of aliphatic carboxylic acids is 1. The van der Waals surface area contributed by atoms with Crippen LogP contribution in [0.2, 0.25) is 5.02 Å². The number of hydrogen-bond acceptors (Lipinski definition) is 11. The summed E-state index contributed by atoms with van der Waals surface area (Å²) in [5.41, 5.74) is 3.14. The number of nitrogens with one attached hydrogen (secondary N) is 5. The molecule has 1 aliphatic rings. The Bertz CT molecular complexity index is 2250. The number of halogens is 4. The lowest BCUT2D eigenvalue weighted by atomic mass is 10.1. The number of ether oxygens (including phenoxy) is 1. The first kappa shape index (κ1) is 40.8. The molecule has 3 aromatic carbocycles. The van der Waals surface area contributed by atoms with Gasteiger partial charge in [-0.3, -0.25) is 19.4 Å². The maximum Gasteiger partial charge on any atom is 0.422 e. The van der Waals surface area contributed by atoms with Crippen molar-refractivity contribution in [3.05, 3.63) is 125 Å². The zero-order valence-corrected chi connectivity index (χ0v) is 31.1. The van der Waals surface area contributed by atoms with E-state index in [1.165, 1.54) is 24.3 Å². The molecular weight excluding hydrogens is 783 g/mol. The molecule has 0 spiro atoms. The van der Waals surface area contributed by atoms with Crippen LogP contribution in [0.3, 0.4) is 0 Å². The van der Waals surface area contributed by atoms with Gasteiger partial charge in [-0.15, -0.1) is 0 Å². The zero-order chi connectivity index (χ0) is 41.3. The minimum atomic E-state index is -4.65. The van der Waals surface area contributed by atoms with Crippen molar-refractivity contribution >= 4 is 58.6 Å². The first-order valence-corrected chi connectivity index (χ1v) is 18.1. The van der Waals surface area contributed by atoms with Crippen molar-refractivity contribution in [2.45, 2.75) is 43.4 Å². The first-order chi connectivity index (χ1) is 27.7. The molecule has 1 aliphatic carbocycles. The van der Waals surface area contributed by atoms with Crippen molar-refractivity contribution in [2.75, 3.05) is 29.1 Å². The second kappa shape index (κ2) is 18.0. The summed E-state index contributed by atoms with van der Waals surface area (Å²) >= 11 is 6.03. The Labute approximate surface area is 333 Å². The fourth-order valence-corrected chi connectivity index (χ4v) is 5.77. The van der Waals surface area contributed by atoms with Gasteiger partial charge in [0.25, 0.3) is 5.91 Å². The van der Waals surface area contributed by atoms with Crippen molar-refractivity contribution in [3.8, 4) is 6.01 Å². The van der Waals surface area contributed by atoms with Crippen LogP contribution in [0.5, 0.6) is 6.01 Å². The number of carbonyl (C=O) groups excluding carboxylic acids is 3. The van der Waals surface area contributed by atoms with Crippen molar-refractivity contribution in [3.63, 3.8) is 0 Å². The molecule has 1 atom stereocenters. The van der Waals surface area contributed by atoms with Gasteiger partial charge in [0.15, 0.2) is 6.61 Å². The van der Waals surface area contributed by atoms with Gasteiger partial charge in [-0.2, -0.15) is 28.1 Å². The predicted octanol–water partition coefficient (Wildman–Crippen LogP) is 5.62. The highest BCUT2D eigenvalue weighted by molar-refractivity contribution is 6.39. The van der Waals surface area contributed by atoms with E-state index in [9.17, 15) is 37.5 Å². The lowest BCUT2D eigenvalue weighted by Gasteiger charge is -2.19. The number of amides is 3. The molecule has 0 unspecified atom stereocenters. The number of carboxylic acid groups (broad SMARTS) is 1. The number of hydrogen-bond donors (Lipinski definition) is 6. The van der Waals surface area contributed by atoms with Gasteiger partial charge < -0.3 is 36.4 Å².